The van der Waals surface area contributed by atoms with Gasteiger partial charge in [-0.3, -0.25) is 4.79 Å². The van der Waals surface area contributed by atoms with Crippen LogP contribution in [-0.2, 0) is 27.1 Å². The van der Waals surface area contributed by atoms with Gasteiger partial charge < -0.3 is 50.7 Å². The van der Waals surface area contributed by atoms with E-state index >= 15 is 0 Å². The second kappa shape index (κ2) is 24.0. The average molecular weight is 915 g/mol. The zero-order valence-corrected chi connectivity index (χ0v) is 40.3. The van der Waals surface area contributed by atoms with Crippen molar-refractivity contribution >= 4 is 6.29 Å². The normalized spacial score (nSPS) is 35.3. The number of aldehydes is 1. The molecule has 12 atom stereocenters. The number of hydrogen-bond acceptors (Lipinski definition) is 11. The van der Waals surface area contributed by atoms with Gasteiger partial charge >= 0.3 is 0 Å². The molecule has 3 fully saturated rings. The minimum atomic E-state index is -1.27. The molecular formula is C55H82N2O9. The number of benzene rings is 1. The monoisotopic (exact) mass is 915 g/mol. The maximum atomic E-state index is 13.0. The van der Waals surface area contributed by atoms with Crippen LogP contribution in [0.3, 0.4) is 0 Å². The Kier molecular flexibility index (Phi) is 19.0. The minimum Gasteiger partial charge on any atom is -0.396 e. The summed E-state index contributed by atoms with van der Waals surface area (Å²) in [5, 5.41) is 74.1. The molecule has 66 heavy (non-hydrogen) atoms. The molecule has 3 saturated carbocycles. The number of aliphatic hydroxyl groups is 6. The summed E-state index contributed by atoms with van der Waals surface area (Å²) in [4.78, 5) is 12.5. The van der Waals surface area contributed by atoms with Gasteiger partial charge in [0.05, 0.1) is 37.6 Å². The number of fused-ring (bicyclic) bond motifs is 5. The summed E-state index contributed by atoms with van der Waals surface area (Å²) in [6.45, 7) is 10.1. The van der Waals surface area contributed by atoms with Crippen LogP contribution < -0.4 is 10.6 Å². The number of allylic oxidation sites excluding steroid dienone is 9. The van der Waals surface area contributed by atoms with E-state index in [1.165, 1.54) is 16.7 Å². The van der Waals surface area contributed by atoms with Crippen LogP contribution in [0.1, 0.15) is 95.6 Å². The van der Waals surface area contributed by atoms with E-state index in [0.29, 0.717) is 56.7 Å². The van der Waals surface area contributed by atoms with Crippen LogP contribution in [0.4, 0.5) is 0 Å². The van der Waals surface area contributed by atoms with Crippen molar-refractivity contribution in [2.75, 3.05) is 60.3 Å². The molecule has 0 saturated heterocycles. The minimum absolute atomic E-state index is 0.0601. The number of hydrogen-bond donors (Lipinski definition) is 8. The Bertz CT molecular complexity index is 1940. The number of carbonyl (C=O) groups excluding carboxylic acids is 1. The molecule has 366 valence electrons. The van der Waals surface area contributed by atoms with Gasteiger partial charge in [0.15, 0.2) is 0 Å². The van der Waals surface area contributed by atoms with E-state index in [2.05, 4.69) is 72.7 Å². The fourth-order valence-electron chi connectivity index (χ4n) is 13.0. The smallest absolute Gasteiger partial charge is 0.145 e. The van der Waals surface area contributed by atoms with E-state index in [4.69, 9.17) is 9.47 Å². The molecule has 1 spiro atoms. The third-order valence-corrected chi connectivity index (χ3v) is 16.4. The van der Waals surface area contributed by atoms with Gasteiger partial charge in [0.25, 0.3) is 0 Å². The first kappa shape index (κ1) is 52.3. The highest BCUT2D eigenvalue weighted by Crippen LogP contribution is 2.67. The highest BCUT2D eigenvalue weighted by atomic mass is 16.5. The number of carbonyl (C=O) groups is 1. The van der Waals surface area contributed by atoms with Gasteiger partial charge in [-0.15, -0.1) is 0 Å². The molecule has 0 aromatic heterocycles. The maximum Gasteiger partial charge on any atom is 0.145 e. The number of aliphatic hydroxyl groups excluding tert-OH is 5. The maximum absolute atomic E-state index is 13.0. The summed E-state index contributed by atoms with van der Waals surface area (Å²) in [5.74, 6) is -0.664. The number of nitrogens with one attached hydrogen (secondary N) is 2. The van der Waals surface area contributed by atoms with Gasteiger partial charge in [-0.25, -0.2) is 0 Å². The molecule has 4 bridgehead atoms. The summed E-state index contributed by atoms with van der Waals surface area (Å²) in [7, 11) is 3.62. The van der Waals surface area contributed by atoms with Gasteiger partial charge in [0, 0.05) is 49.7 Å². The summed E-state index contributed by atoms with van der Waals surface area (Å²) in [6, 6.07) is 8.93. The molecule has 4 aliphatic carbocycles. The van der Waals surface area contributed by atoms with Crippen LogP contribution in [-0.4, -0.2) is 127 Å². The molecule has 5 aliphatic rings. The Morgan fingerprint density at radius 3 is 2.65 bits per heavy atom. The van der Waals surface area contributed by atoms with Crippen molar-refractivity contribution in [2.24, 2.45) is 40.9 Å². The largest absolute Gasteiger partial charge is 0.396 e. The molecular weight excluding hydrogens is 833 g/mol. The standard InChI is InChI=1S/C55H82N2O9/c1-37-15-16-43(28-40-10-7-11-41(27-40)30-53(57-32-37,23-26-65-5)46-13-8-14-47(61)29-46)38(2)9-6-12-45(35-66-36-48(62)34-60)49-19-21-55(52(49)63)51-42(20-25-58)17-18-44(50(51)39(3)33-59)31-54(55,64)22-24-56-4/h6-7,9-12,15,17-18,27,33,42-44,46-49,51-52,56-58,60-64H,2,8,13-14,16,19-26,28-32,34-36H2,1,3-5H3. The van der Waals surface area contributed by atoms with E-state index in [1.54, 1.807) is 7.11 Å². The van der Waals surface area contributed by atoms with Crippen LogP contribution in [0.2, 0.25) is 0 Å². The molecule has 1 heterocycles. The Morgan fingerprint density at radius 1 is 1.12 bits per heavy atom. The van der Waals surface area contributed by atoms with Gasteiger partial charge in [-0.2, -0.15) is 0 Å². The summed E-state index contributed by atoms with van der Waals surface area (Å²) < 4.78 is 11.7. The fraction of sp³-hybridized carbons (Fsp3) is 0.655. The van der Waals surface area contributed by atoms with Crippen LogP contribution in [0.25, 0.3) is 0 Å². The van der Waals surface area contributed by atoms with Crippen molar-refractivity contribution in [3.8, 4) is 0 Å². The molecule has 6 rings (SSSR count). The highest BCUT2D eigenvalue weighted by Gasteiger charge is 2.68. The number of methoxy groups -OCH3 is 1. The summed E-state index contributed by atoms with van der Waals surface area (Å²) in [6.07, 6.45) is 20.5. The number of rotatable bonds is 19. The SMILES string of the molecule is C=C(C=CC=C(COCC(O)CO)C1CCC2(C1O)C1C(=C(C)C=O)C(C=CC1CCO)CC2(O)CCNC)C1CC=C(C)CNC(CCOC)(C2CCCC(O)C2)Cc2cccc(c2)C1. The summed E-state index contributed by atoms with van der Waals surface area (Å²) in [5.41, 5.74) is 4.63. The Balaban J connectivity index is 1.31. The first-order chi connectivity index (χ1) is 31.8. The van der Waals surface area contributed by atoms with E-state index < -0.39 is 35.7 Å². The zero-order valence-electron chi connectivity index (χ0n) is 40.3. The predicted molar refractivity (Wildman–Crippen MR) is 261 cm³/mol. The zero-order chi connectivity index (χ0) is 47.5. The average Bonchev–Trinajstić information content (AvgIpc) is 3.66. The molecule has 11 nitrogen and oxygen atoms in total. The molecule has 1 aromatic rings. The molecule has 1 aliphatic heterocycles. The molecule has 8 N–H and O–H groups in total. The molecule has 0 radical (unpaired) electrons. The van der Waals surface area contributed by atoms with Crippen LogP contribution in [0, 0.1) is 40.9 Å². The second-order valence-electron chi connectivity index (χ2n) is 20.6. The van der Waals surface area contributed by atoms with E-state index in [0.717, 1.165) is 80.9 Å². The lowest BCUT2D eigenvalue weighted by atomic mass is 9.45. The fourth-order valence-corrected chi connectivity index (χ4v) is 13.0. The quantitative estimate of drug-likeness (QED) is 0.0360. The first-order valence-electron chi connectivity index (χ1n) is 24.9. The van der Waals surface area contributed by atoms with Crippen molar-refractivity contribution in [1.29, 1.82) is 0 Å². The lowest BCUT2D eigenvalue weighted by molar-refractivity contribution is -0.194. The lowest BCUT2D eigenvalue weighted by Gasteiger charge is -2.61. The van der Waals surface area contributed by atoms with Crippen molar-refractivity contribution in [3.05, 3.63) is 106 Å². The lowest BCUT2D eigenvalue weighted by Crippen LogP contribution is -2.65. The van der Waals surface area contributed by atoms with E-state index in [1.807, 2.05) is 26.1 Å². The Labute approximate surface area is 394 Å². The van der Waals surface area contributed by atoms with E-state index in [9.17, 15) is 35.4 Å². The third-order valence-electron chi connectivity index (χ3n) is 16.4. The molecule has 0 amide bonds. The predicted octanol–water partition coefficient (Wildman–Crippen LogP) is 5.88. The van der Waals surface area contributed by atoms with Crippen molar-refractivity contribution in [1.82, 2.24) is 10.6 Å². The van der Waals surface area contributed by atoms with Crippen LogP contribution in [0.15, 0.2) is 95.2 Å². The summed E-state index contributed by atoms with van der Waals surface area (Å²) >= 11 is 0. The van der Waals surface area contributed by atoms with Crippen molar-refractivity contribution < 1.29 is 44.9 Å². The van der Waals surface area contributed by atoms with Gasteiger partial charge in [0.2, 0.25) is 0 Å². The first-order valence-corrected chi connectivity index (χ1v) is 24.9. The van der Waals surface area contributed by atoms with Gasteiger partial charge in [0.1, 0.15) is 12.4 Å². The Hall–Kier alpha value is -3.07. The highest BCUT2D eigenvalue weighted by molar-refractivity contribution is 5.74. The topological polar surface area (TPSA) is 181 Å². The van der Waals surface area contributed by atoms with Crippen LogP contribution in [0.5, 0.6) is 0 Å². The van der Waals surface area contributed by atoms with E-state index in [-0.39, 0.29) is 55.1 Å². The van der Waals surface area contributed by atoms with Gasteiger partial charge in [-0.05, 0) is 150 Å². The third kappa shape index (κ3) is 11.7. The second-order valence-corrected chi connectivity index (χ2v) is 20.6. The van der Waals surface area contributed by atoms with Crippen molar-refractivity contribution in [3.63, 3.8) is 0 Å². The molecule has 11 heteroatoms. The van der Waals surface area contributed by atoms with Crippen LogP contribution >= 0.6 is 0 Å². The van der Waals surface area contributed by atoms with Crippen molar-refractivity contribution in [2.45, 2.75) is 127 Å². The number of ether oxygens (including phenoxy) is 2. The Morgan fingerprint density at radius 2 is 1.92 bits per heavy atom. The molecule has 12 unspecified atom stereocenters. The van der Waals surface area contributed by atoms with Gasteiger partial charge in [-0.1, -0.05) is 90.4 Å². The molecule has 1 aromatic carbocycles.